The van der Waals surface area contributed by atoms with Crippen LogP contribution in [0, 0.1) is 34.5 Å². The largest absolute Gasteiger partial charge is 0.393 e. The quantitative estimate of drug-likeness (QED) is 0.559. The summed E-state index contributed by atoms with van der Waals surface area (Å²) in [5.74, 6) is 3.03. The van der Waals surface area contributed by atoms with E-state index in [9.17, 15) is 10.2 Å². The zero-order valence-electron chi connectivity index (χ0n) is 19.5. The van der Waals surface area contributed by atoms with Gasteiger partial charge in [0, 0.05) is 0 Å². The standard InChI is InChI=1S/C27H44O2/c1-18(7-6-14-25(2,3)29)22-10-11-23-21-9-8-19-17-20(28)12-15-26(19,4)24(21)13-16-27(22,23)5/h8-9,18,20,22-24,28-29H,6-7,10-17H2,1-5H3/t18-,20+,22+,23+,24+,26+,27-/m1/s1. The molecule has 2 heteroatoms. The first-order valence-corrected chi connectivity index (χ1v) is 12.4. The highest BCUT2D eigenvalue weighted by atomic mass is 16.3. The van der Waals surface area contributed by atoms with Gasteiger partial charge < -0.3 is 10.2 Å². The number of allylic oxidation sites excluding steroid dienone is 3. The maximum Gasteiger partial charge on any atom is 0.0591 e. The molecule has 0 spiro atoms. The SMILES string of the molecule is C[C@H](CCCC(C)(C)O)[C@@H]1CC[C@H]2C3=CC=C4C[C@@H](O)CC[C@]4(C)[C@H]3CC[C@@]21C. The lowest BCUT2D eigenvalue weighted by molar-refractivity contribution is 0.0298. The summed E-state index contributed by atoms with van der Waals surface area (Å²) >= 11 is 0. The van der Waals surface area contributed by atoms with Gasteiger partial charge in [-0.3, -0.25) is 0 Å². The Morgan fingerprint density at radius 1 is 1.07 bits per heavy atom. The van der Waals surface area contributed by atoms with Crippen molar-refractivity contribution in [2.45, 2.75) is 111 Å². The number of hydrogen-bond donors (Lipinski definition) is 2. The Morgan fingerprint density at radius 2 is 1.83 bits per heavy atom. The van der Waals surface area contributed by atoms with Crippen LogP contribution in [0.5, 0.6) is 0 Å². The third-order valence-corrected chi connectivity index (χ3v) is 9.75. The highest BCUT2D eigenvalue weighted by Crippen LogP contribution is 2.66. The Kier molecular flexibility index (Phi) is 5.61. The van der Waals surface area contributed by atoms with Gasteiger partial charge in [0.2, 0.25) is 0 Å². The fourth-order valence-corrected chi connectivity index (χ4v) is 8.02. The molecule has 0 radical (unpaired) electrons. The third kappa shape index (κ3) is 3.78. The Labute approximate surface area is 178 Å². The molecule has 0 heterocycles. The van der Waals surface area contributed by atoms with Crippen molar-refractivity contribution in [1.82, 2.24) is 0 Å². The molecule has 2 nitrogen and oxygen atoms in total. The maximum atomic E-state index is 10.2. The van der Waals surface area contributed by atoms with Crippen molar-refractivity contribution >= 4 is 0 Å². The van der Waals surface area contributed by atoms with Gasteiger partial charge in [0.25, 0.3) is 0 Å². The van der Waals surface area contributed by atoms with Gasteiger partial charge in [-0.25, -0.2) is 0 Å². The molecule has 0 saturated heterocycles. The zero-order chi connectivity index (χ0) is 21.0. The van der Waals surface area contributed by atoms with E-state index in [4.69, 9.17) is 0 Å². The fraction of sp³-hybridized carbons (Fsp3) is 0.852. The number of aliphatic hydroxyl groups excluding tert-OH is 1. The highest BCUT2D eigenvalue weighted by Gasteiger charge is 2.56. The number of hydrogen-bond acceptors (Lipinski definition) is 2. The summed E-state index contributed by atoms with van der Waals surface area (Å²) in [7, 11) is 0. The van der Waals surface area contributed by atoms with Gasteiger partial charge in [-0.15, -0.1) is 0 Å². The number of rotatable bonds is 5. The van der Waals surface area contributed by atoms with E-state index in [2.05, 4.69) is 32.9 Å². The summed E-state index contributed by atoms with van der Waals surface area (Å²) < 4.78 is 0. The summed E-state index contributed by atoms with van der Waals surface area (Å²) in [6.45, 7) is 11.5. The first-order chi connectivity index (χ1) is 13.5. The molecule has 3 fully saturated rings. The second kappa shape index (κ2) is 7.52. The highest BCUT2D eigenvalue weighted by molar-refractivity contribution is 5.38. The van der Waals surface area contributed by atoms with Crippen LogP contribution in [-0.2, 0) is 0 Å². The molecule has 0 aromatic heterocycles. The molecule has 3 saturated carbocycles. The zero-order valence-corrected chi connectivity index (χ0v) is 19.5. The van der Waals surface area contributed by atoms with Crippen LogP contribution in [-0.4, -0.2) is 21.9 Å². The monoisotopic (exact) mass is 400 g/mol. The minimum Gasteiger partial charge on any atom is -0.393 e. The van der Waals surface area contributed by atoms with Crippen LogP contribution >= 0.6 is 0 Å². The van der Waals surface area contributed by atoms with E-state index < -0.39 is 5.60 Å². The van der Waals surface area contributed by atoms with E-state index in [0.717, 1.165) is 49.9 Å². The molecule has 4 rings (SSSR count). The molecular weight excluding hydrogens is 356 g/mol. The summed E-state index contributed by atoms with van der Waals surface area (Å²) in [4.78, 5) is 0. The molecule has 0 aromatic carbocycles. The van der Waals surface area contributed by atoms with Crippen molar-refractivity contribution < 1.29 is 10.2 Å². The molecule has 164 valence electrons. The second-order valence-corrected chi connectivity index (χ2v) is 12.2. The summed E-state index contributed by atoms with van der Waals surface area (Å²) in [5, 5.41) is 20.3. The van der Waals surface area contributed by atoms with Gasteiger partial charge in [-0.2, -0.15) is 0 Å². The van der Waals surface area contributed by atoms with Crippen LogP contribution in [0.2, 0.25) is 0 Å². The van der Waals surface area contributed by atoms with E-state index in [-0.39, 0.29) is 6.10 Å². The molecule has 2 N–H and O–H groups in total. The van der Waals surface area contributed by atoms with Gasteiger partial charge >= 0.3 is 0 Å². The van der Waals surface area contributed by atoms with Crippen molar-refractivity contribution in [2.24, 2.45) is 34.5 Å². The lowest BCUT2D eigenvalue weighted by Gasteiger charge is -2.55. The van der Waals surface area contributed by atoms with E-state index in [1.165, 1.54) is 37.7 Å². The molecule has 0 bridgehead atoms. The van der Waals surface area contributed by atoms with Crippen molar-refractivity contribution in [3.8, 4) is 0 Å². The van der Waals surface area contributed by atoms with Gasteiger partial charge in [-0.05, 0) is 99.7 Å². The Bertz CT molecular complexity index is 683. The van der Waals surface area contributed by atoms with E-state index in [0.29, 0.717) is 16.7 Å². The van der Waals surface area contributed by atoms with E-state index >= 15 is 0 Å². The van der Waals surface area contributed by atoms with Crippen molar-refractivity contribution in [1.29, 1.82) is 0 Å². The second-order valence-electron chi connectivity index (χ2n) is 12.2. The minimum atomic E-state index is -0.528. The van der Waals surface area contributed by atoms with Gasteiger partial charge in [0.15, 0.2) is 0 Å². The summed E-state index contributed by atoms with van der Waals surface area (Å²) in [6.07, 6.45) is 16.5. The molecule has 7 atom stereocenters. The Hall–Kier alpha value is -0.600. The Balaban J connectivity index is 1.51. The normalized spacial score (nSPS) is 43.0. The molecule has 0 amide bonds. The summed E-state index contributed by atoms with van der Waals surface area (Å²) in [5.41, 5.74) is 3.49. The van der Waals surface area contributed by atoms with Crippen LogP contribution in [0.25, 0.3) is 0 Å². The van der Waals surface area contributed by atoms with Gasteiger partial charge in [0.1, 0.15) is 0 Å². The first-order valence-electron chi connectivity index (χ1n) is 12.4. The predicted molar refractivity (Wildman–Crippen MR) is 120 cm³/mol. The van der Waals surface area contributed by atoms with Crippen LogP contribution in [0.4, 0.5) is 0 Å². The van der Waals surface area contributed by atoms with Crippen LogP contribution < -0.4 is 0 Å². The van der Waals surface area contributed by atoms with Crippen LogP contribution in [0.3, 0.4) is 0 Å². The van der Waals surface area contributed by atoms with Crippen LogP contribution in [0.1, 0.15) is 98.8 Å². The van der Waals surface area contributed by atoms with Gasteiger partial charge in [0.05, 0.1) is 11.7 Å². The number of fused-ring (bicyclic) bond motifs is 5. The molecule has 29 heavy (non-hydrogen) atoms. The maximum absolute atomic E-state index is 10.2. The minimum absolute atomic E-state index is 0.126. The average Bonchev–Trinajstić information content (AvgIpc) is 2.98. The molecule has 0 aromatic rings. The number of aliphatic hydroxyl groups is 2. The molecular formula is C27H44O2. The average molecular weight is 401 g/mol. The summed E-state index contributed by atoms with van der Waals surface area (Å²) in [6, 6.07) is 0. The topological polar surface area (TPSA) is 40.5 Å². The van der Waals surface area contributed by atoms with Crippen molar-refractivity contribution in [3.63, 3.8) is 0 Å². The third-order valence-electron chi connectivity index (χ3n) is 9.75. The van der Waals surface area contributed by atoms with Crippen molar-refractivity contribution in [2.75, 3.05) is 0 Å². The van der Waals surface area contributed by atoms with Crippen LogP contribution in [0.15, 0.2) is 23.3 Å². The van der Waals surface area contributed by atoms with E-state index in [1.54, 1.807) is 5.57 Å². The molecule has 0 unspecified atom stereocenters. The lowest BCUT2D eigenvalue weighted by atomic mass is 9.50. The predicted octanol–water partition coefficient (Wildman–Crippen LogP) is 6.42. The molecule has 4 aliphatic rings. The first kappa shape index (κ1) is 21.6. The fourth-order valence-electron chi connectivity index (χ4n) is 8.02. The Morgan fingerprint density at radius 3 is 2.55 bits per heavy atom. The molecule has 0 aliphatic heterocycles. The van der Waals surface area contributed by atoms with E-state index in [1.807, 2.05) is 13.8 Å². The lowest BCUT2D eigenvalue weighted by Crippen LogP contribution is -2.46. The molecule has 4 aliphatic carbocycles. The van der Waals surface area contributed by atoms with Gasteiger partial charge in [-0.1, -0.05) is 56.9 Å². The van der Waals surface area contributed by atoms with Crippen molar-refractivity contribution in [3.05, 3.63) is 23.3 Å². The smallest absolute Gasteiger partial charge is 0.0591 e.